The number of hydrogen-bond donors (Lipinski definition) is 1. The van der Waals surface area contributed by atoms with E-state index in [1.807, 2.05) is 24.5 Å². The van der Waals surface area contributed by atoms with Crippen molar-refractivity contribution in [1.29, 1.82) is 0 Å². The van der Waals surface area contributed by atoms with Gasteiger partial charge in [0.25, 0.3) is 0 Å². The Morgan fingerprint density at radius 2 is 2.00 bits per heavy atom. The van der Waals surface area contributed by atoms with Gasteiger partial charge in [-0.2, -0.15) is 0 Å². The van der Waals surface area contributed by atoms with Crippen LogP contribution in [0.3, 0.4) is 0 Å². The summed E-state index contributed by atoms with van der Waals surface area (Å²) in [6, 6.07) is 6.15. The Bertz CT molecular complexity index is 516. The molecule has 2 aromatic heterocycles. The molecule has 1 N–H and O–H groups in total. The van der Waals surface area contributed by atoms with Crippen LogP contribution < -0.4 is 10.1 Å². The Hall–Kier alpha value is -1.94. The molecule has 4 heteroatoms. The fraction of sp³-hybridized carbons (Fsp3) is 0.375. The molecular weight excluding hydrogens is 250 g/mol. The van der Waals surface area contributed by atoms with Gasteiger partial charge in [-0.25, -0.2) is 0 Å². The molecule has 0 aliphatic rings. The number of nitrogens with zero attached hydrogens (tertiary/aromatic N) is 2. The highest BCUT2D eigenvalue weighted by atomic mass is 16.5. The molecule has 2 heterocycles. The molecule has 0 amide bonds. The van der Waals surface area contributed by atoms with Gasteiger partial charge in [0, 0.05) is 18.6 Å². The zero-order valence-corrected chi connectivity index (χ0v) is 12.0. The first-order valence-electron chi connectivity index (χ1n) is 7.06. The molecule has 1 unspecified atom stereocenters. The van der Waals surface area contributed by atoms with Gasteiger partial charge in [0.05, 0.1) is 18.8 Å². The molecule has 0 aliphatic heterocycles. The second kappa shape index (κ2) is 7.60. The van der Waals surface area contributed by atoms with Gasteiger partial charge in [-0.1, -0.05) is 19.9 Å². The Morgan fingerprint density at radius 3 is 2.70 bits per heavy atom. The predicted octanol–water partition coefficient (Wildman–Crippen LogP) is 2.96. The molecule has 4 nitrogen and oxygen atoms in total. The lowest BCUT2D eigenvalue weighted by molar-refractivity contribution is 0.315. The number of pyridine rings is 2. The SMILES string of the molecule is CCCOc1cncc(C(NCC)c2cccnc2)c1. The molecule has 106 valence electrons. The highest BCUT2D eigenvalue weighted by molar-refractivity contribution is 5.32. The fourth-order valence-electron chi connectivity index (χ4n) is 2.07. The molecule has 0 bridgehead atoms. The zero-order valence-electron chi connectivity index (χ0n) is 12.0. The molecule has 0 aliphatic carbocycles. The molecule has 0 saturated carbocycles. The molecule has 2 aromatic rings. The smallest absolute Gasteiger partial charge is 0.137 e. The van der Waals surface area contributed by atoms with Crippen LogP contribution in [0.2, 0.25) is 0 Å². The molecule has 0 fully saturated rings. The minimum atomic E-state index is 0.0892. The number of aromatic nitrogens is 2. The summed E-state index contributed by atoms with van der Waals surface area (Å²) < 4.78 is 5.65. The summed E-state index contributed by atoms with van der Waals surface area (Å²) in [4.78, 5) is 8.47. The van der Waals surface area contributed by atoms with Crippen molar-refractivity contribution in [2.24, 2.45) is 0 Å². The topological polar surface area (TPSA) is 47.0 Å². The summed E-state index contributed by atoms with van der Waals surface area (Å²) in [7, 11) is 0. The van der Waals surface area contributed by atoms with Gasteiger partial charge >= 0.3 is 0 Å². The first-order chi connectivity index (χ1) is 9.85. The van der Waals surface area contributed by atoms with E-state index in [-0.39, 0.29) is 6.04 Å². The van der Waals surface area contributed by atoms with Crippen molar-refractivity contribution >= 4 is 0 Å². The van der Waals surface area contributed by atoms with E-state index in [1.165, 1.54) is 0 Å². The van der Waals surface area contributed by atoms with Crippen LogP contribution in [-0.4, -0.2) is 23.1 Å². The molecule has 0 saturated heterocycles. The van der Waals surface area contributed by atoms with Crippen molar-refractivity contribution in [1.82, 2.24) is 15.3 Å². The van der Waals surface area contributed by atoms with Gasteiger partial charge in [0.2, 0.25) is 0 Å². The standard InChI is InChI=1S/C16H21N3O/c1-3-8-20-15-9-14(11-18-12-15)16(19-4-2)13-6-5-7-17-10-13/h5-7,9-12,16,19H,3-4,8H2,1-2H3. The number of ether oxygens (including phenoxy) is 1. The second-order valence-corrected chi connectivity index (χ2v) is 4.58. The van der Waals surface area contributed by atoms with Gasteiger partial charge < -0.3 is 10.1 Å². The minimum Gasteiger partial charge on any atom is -0.492 e. The monoisotopic (exact) mass is 271 g/mol. The van der Waals surface area contributed by atoms with E-state index in [4.69, 9.17) is 4.74 Å². The quantitative estimate of drug-likeness (QED) is 0.841. The average molecular weight is 271 g/mol. The lowest BCUT2D eigenvalue weighted by Crippen LogP contribution is -2.22. The molecule has 0 aromatic carbocycles. The lowest BCUT2D eigenvalue weighted by atomic mass is 10.0. The summed E-state index contributed by atoms with van der Waals surface area (Å²) in [5.41, 5.74) is 2.22. The third kappa shape index (κ3) is 3.78. The minimum absolute atomic E-state index is 0.0892. The van der Waals surface area contributed by atoms with Crippen LogP contribution in [0.4, 0.5) is 0 Å². The van der Waals surface area contributed by atoms with Crippen molar-refractivity contribution in [3.05, 3.63) is 54.1 Å². The fourth-order valence-corrected chi connectivity index (χ4v) is 2.07. The van der Waals surface area contributed by atoms with Crippen molar-refractivity contribution in [3.63, 3.8) is 0 Å². The molecule has 20 heavy (non-hydrogen) atoms. The zero-order chi connectivity index (χ0) is 14.2. The van der Waals surface area contributed by atoms with E-state index in [9.17, 15) is 0 Å². The maximum atomic E-state index is 5.65. The van der Waals surface area contributed by atoms with E-state index in [0.717, 1.165) is 29.8 Å². The van der Waals surface area contributed by atoms with Crippen LogP contribution in [0.25, 0.3) is 0 Å². The van der Waals surface area contributed by atoms with E-state index in [0.29, 0.717) is 6.61 Å². The van der Waals surface area contributed by atoms with Gasteiger partial charge in [-0.15, -0.1) is 0 Å². The van der Waals surface area contributed by atoms with Gasteiger partial charge in [0.1, 0.15) is 5.75 Å². The van der Waals surface area contributed by atoms with Crippen molar-refractivity contribution in [2.45, 2.75) is 26.3 Å². The molecule has 0 radical (unpaired) electrons. The average Bonchev–Trinajstić information content (AvgIpc) is 2.52. The van der Waals surface area contributed by atoms with Crippen LogP contribution >= 0.6 is 0 Å². The highest BCUT2D eigenvalue weighted by Gasteiger charge is 2.14. The third-order valence-electron chi connectivity index (χ3n) is 2.97. The highest BCUT2D eigenvalue weighted by Crippen LogP contribution is 2.23. The Labute approximate surface area is 120 Å². The van der Waals surface area contributed by atoms with Crippen molar-refractivity contribution < 1.29 is 4.74 Å². The predicted molar refractivity (Wildman–Crippen MR) is 79.8 cm³/mol. The van der Waals surface area contributed by atoms with E-state index < -0.39 is 0 Å². The van der Waals surface area contributed by atoms with Gasteiger partial charge in [0.15, 0.2) is 0 Å². The van der Waals surface area contributed by atoms with Crippen LogP contribution in [0.5, 0.6) is 5.75 Å². The van der Waals surface area contributed by atoms with E-state index >= 15 is 0 Å². The maximum Gasteiger partial charge on any atom is 0.137 e. The van der Waals surface area contributed by atoms with Gasteiger partial charge in [-0.05, 0) is 36.2 Å². The summed E-state index contributed by atoms with van der Waals surface area (Å²) in [5.74, 6) is 0.816. The Kier molecular flexibility index (Phi) is 5.50. The number of rotatable bonds is 7. The lowest BCUT2D eigenvalue weighted by Gasteiger charge is -2.18. The Balaban J connectivity index is 2.25. The first-order valence-corrected chi connectivity index (χ1v) is 7.06. The van der Waals surface area contributed by atoms with E-state index in [1.54, 1.807) is 12.4 Å². The molecule has 2 rings (SSSR count). The normalized spacial score (nSPS) is 12.1. The van der Waals surface area contributed by atoms with Gasteiger partial charge in [-0.3, -0.25) is 9.97 Å². The molecule has 0 spiro atoms. The van der Waals surface area contributed by atoms with Crippen LogP contribution in [0, 0.1) is 0 Å². The van der Waals surface area contributed by atoms with Crippen molar-refractivity contribution in [2.75, 3.05) is 13.2 Å². The van der Waals surface area contributed by atoms with Crippen LogP contribution in [0.1, 0.15) is 37.4 Å². The summed E-state index contributed by atoms with van der Waals surface area (Å²) in [6.45, 7) is 5.77. The first kappa shape index (κ1) is 14.5. The van der Waals surface area contributed by atoms with Crippen molar-refractivity contribution in [3.8, 4) is 5.75 Å². The third-order valence-corrected chi connectivity index (χ3v) is 2.97. The number of nitrogens with one attached hydrogen (secondary N) is 1. The summed E-state index contributed by atoms with van der Waals surface area (Å²) in [5, 5.41) is 3.46. The number of hydrogen-bond acceptors (Lipinski definition) is 4. The van der Waals surface area contributed by atoms with E-state index in [2.05, 4.69) is 35.2 Å². The van der Waals surface area contributed by atoms with Crippen LogP contribution in [0.15, 0.2) is 43.0 Å². The Morgan fingerprint density at radius 1 is 1.15 bits per heavy atom. The van der Waals surface area contributed by atoms with Crippen LogP contribution in [-0.2, 0) is 0 Å². The largest absolute Gasteiger partial charge is 0.492 e. The second-order valence-electron chi connectivity index (χ2n) is 4.58. The summed E-state index contributed by atoms with van der Waals surface area (Å²) in [6.07, 6.45) is 8.28. The molecule has 1 atom stereocenters. The maximum absolute atomic E-state index is 5.65. The molecular formula is C16H21N3O. The summed E-state index contributed by atoms with van der Waals surface area (Å²) >= 11 is 0.